The lowest BCUT2D eigenvalue weighted by molar-refractivity contribution is 0.745. The second kappa shape index (κ2) is 2.38. The van der Waals surface area contributed by atoms with Crippen molar-refractivity contribution in [2.45, 2.75) is 0 Å². The van der Waals surface area contributed by atoms with E-state index in [0.717, 1.165) is 0 Å². The largest absolute Gasteiger partial charge is 0.316 e. The number of aromatic nitrogens is 4. The zero-order valence-corrected chi connectivity index (χ0v) is 7.52. The first-order valence-electron chi connectivity index (χ1n) is 3.45. The molecule has 0 radical (unpaired) electrons. The van der Waals surface area contributed by atoms with Crippen LogP contribution in [0, 0.1) is 0 Å². The molecule has 0 aliphatic carbocycles. The van der Waals surface area contributed by atoms with Crippen LogP contribution < -0.4 is 5.01 Å². The van der Waals surface area contributed by atoms with Crippen molar-refractivity contribution in [2.75, 3.05) is 19.1 Å². The van der Waals surface area contributed by atoms with Crippen LogP contribution in [0.2, 0.25) is 5.28 Å². The molecule has 0 N–H and O–H groups in total. The van der Waals surface area contributed by atoms with Gasteiger partial charge in [-0.05, 0) is 11.6 Å². The third-order valence-electron chi connectivity index (χ3n) is 1.63. The molecule has 0 aliphatic rings. The molecule has 0 unspecified atom stereocenters. The summed E-state index contributed by atoms with van der Waals surface area (Å²) in [5, 5.41) is 9.90. The van der Waals surface area contributed by atoms with Crippen LogP contribution in [0.15, 0.2) is 12.4 Å². The maximum atomic E-state index is 5.75. The van der Waals surface area contributed by atoms with Crippen molar-refractivity contribution in [1.29, 1.82) is 0 Å². The Kier molecular flexibility index (Phi) is 1.47. The maximum absolute atomic E-state index is 5.75. The minimum absolute atomic E-state index is 0.380. The van der Waals surface area contributed by atoms with Gasteiger partial charge in [0, 0.05) is 26.5 Å². The fraction of sp³-hybridized carbons (Fsp3) is 0.333. The van der Waals surface area contributed by atoms with Gasteiger partial charge in [-0.25, -0.2) is 4.68 Å². The van der Waals surface area contributed by atoms with Gasteiger partial charge >= 0.3 is 0 Å². The number of halogens is 1. The van der Waals surface area contributed by atoms with Gasteiger partial charge in [-0.15, -0.1) is 10.2 Å². The van der Waals surface area contributed by atoms with E-state index in [1.165, 1.54) is 0 Å². The fourth-order valence-corrected chi connectivity index (χ4v) is 1.23. The summed E-state index contributed by atoms with van der Waals surface area (Å²) in [6.07, 6.45) is 3.69. The first-order chi connectivity index (χ1) is 5.70. The lowest BCUT2D eigenvalue weighted by Gasteiger charge is -2.12. The van der Waals surface area contributed by atoms with Gasteiger partial charge in [-0.2, -0.15) is 0 Å². The molecule has 0 aromatic carbocycles. The number of rotatable bonds is 1. The van der Waals surface area contributed by atoms with Crippen LogP contribution in [0.25, 0.3) is 5.78 Å². The zero-order valence-electron chi connectivity index (χ0n) is 6.77. The molecule has 2 heterocycles. The topological polar surface area (TPSA) is 38.4 Å². The second-order valence-corrected chi connectivity index (χ2v) is 2.97. The SMILES string of the molecule is CN(C)n1ccn2c(Cl)nnc12. The summed E-state index contributed by atoms with van der Waals surface area (Å²) >= 11 is 5.75. The minimum Gasteiger partial charge on any atom is -0.316 e. The van der Waals surface area contributed by atoms with Crippen LogP contribution in [0.4, 0.5) is 0 Å². The summed E-state index contributed by atoms with van der Waals surface area (Å²) in [5.41, 5.74) is 0. The van der Waals surface area contributed by atoms with E-state index in [2.05, 4.69) is 10.2 Å². The fourth-order valence-electron chi connectivity index (χ4n) is 1.06. The highest BCUT2D eigenvalue weighted by Crippen LogP contribution is 2.08. The Balaban J connectivity index is 2.71. The van der Waals surface area contributed by atoms with Gasteiger partial charge in [0.1, 0.15) is 0 Å². The highest BCUT2D eigenvalue weighted by atomic mass is 35.5. The highest BCUT2D eigenvalue weighted by Gasteiger charge is 2.07. The maximum Gasteiger partial charge on any atom is 0.255 e. The first kappa shape index (κ1) is 7.42. The zero-order chi connectivity index (χ0) is 8.72. The van der Waals surface area contributed by atoms with Crippen molar-refractivity contribution >= 4 is 17.4 Å². The molecule has 2 aromatic heterocycles. The summed E-state index contributed by atoms with van der Waals surface area (Å²) in [6, 6.07) is 0. The number of nitrogens with zero attached hydrogens (tertiary/aromatic N) is 5. The van der Waals surface area contributed by atoms with Crippen LogP contribution in [-0.2, 0) is 0 Å². The molecule has 6 heteroatoms. The third-order valence-corrected chi connectivity index (χ3v) is 1.89. The molecule has 2 rings (SSSR count). The smallest absolute Gasteiger partial charge is 0.255 e. The van der Waals surface area contributed by atoms with Gasteiger partial charge < -0.3 is 5.01 Å². The normalized spacial score (nSPS) is 10.9. The van der Waals surface area contributed by atoms with E-state index in [9.17, 15) is 0 Å². The van der Waals surface area contributed by atoms with Crippen molar-refractivity contribution in [3.05, 3.63) is 17.7 Å². The Hall–Kier alpha value is -1.23. The quantitative estimate of drug-likeness (QED) is 0.645. The molecule has 0 bridgehead atoms. The first-order valence-corrected chi connectivity index (χ1v) is 3.83. The average Bonchev–Trinajstić information content (AvgIpc) is 2.53. The van der Waals surface area contributed by atoms with Gasteiger partial charge in [0.15, 0.2) is 0 Å². The molecule has 0 saturated heterocycles. The molecule has 12 heavy (non-hydrogen) atoms. The van der Waals surface area contributed by atoms with Crippen LogP contribution in [-0.4, -0.2) is 33.4 Å². The molecule has 0 fully saturated rings. The van der Waals surface area contributed by atoms with Crippen molar-refractivity contribution in [3.8, 4) is 0 Å². The average molecular weight is 186 g/mol. The van der Waals surface area contributed by atoms with E-state index in [-0.39, 0.29) is 0 Å². The van der Waals surface area contributed by atoms with Crippen LogP contribution in [0.5, 0.6) is 0 Å². The van der Waals surface area contributed by atoms with Gasteiger partial charge in [0.05, 0.1) is 0 Å². The minimum atomic E-state index is 0.380. The summed E-state index contributed by atoms with van der Waals surface area (Å²) < 4.78 is 3.56. The lowest BCUT2D eigenvalue weighted by atomic mass is 10.9. The molecular weight excluding hydrogens is 178 g/mol. The summed E-state index contributed by atoms with van der Waals surface area (Å²) in [4.78, 5) is 0. The van der Waals surface area contributed by atoms with Crippen LogP contribution in [0.1, 0.15) is 0 Å². The summed E-state index contributed by atoms with van der Waals surface area (Å²) in [5.74, 6) is 0.713. The number of hydrogen-bond acceptors (Lipinski definition) is 3. The molecule has 0 amide bonds. The van der Waals surface area contributed by atoms with E-state index in [4.69, 9.17) is 11.6 Å². The van der Waals surface area contributed by atoms with Crippen molar-refractivity contribution < 1.29 is 0 Å². The molecule has 0 spiro atoms. The third kappa shape index (κ3) is 0.863. The predicted octanol–water partition coefficient (Wildman–Crippen LogP) is 0.382. The van der Waals surface area contributed by atoms with Crippen molar-refractivity contribution in [1.82, 2.24) is 19.3 Å². The number of imidazole rings is 1. The Bertz CT molecular complexity index is 401. The monoisotopic (exact) mass is 185 g/mol. The Labute approximate surface area is 74.1 Å². The van der Waals surface area contributed by atoms with Gasteiger partial charge in [-0.1, -0.05) is 0 Å². The lowest BCUT2D eigenvalue weighted by Crippen LogP contribution is -2.23. The van der Waals surface area contributed by atoms with Crippen LogP contribution >= 0.6 is 11.6 Å². The summed E-state index contributed by atoms with van der Waals surface area (Å²) in [6.45, 7) is 0. The molecule has 0 atom stereocenters. The molecule has 5 nitrogen and oxygen atoms in total. The summed E-state index contributed by atoms with van der Waals surface area (Å²) in [7, 11) is 3.84. The van der Waals surface area contributed by atoms with E-state index in [1.54, 1.807) is 4.40 Å². The van der Waals surface area contributed by atoms with E-state index >= 15 is 0 Å². The molecule has 2 aromatic rings. The van der Waals surface area contributed by atoms with Crippen LogP contribution in [0.3, 0.4) is 0 Å². The Morgan fingerprint density at radius 1 is 1.33 bits per heavy atom. The predicted molar refractivity (Wildman–Crippen MR) is 46.1 cm³/mol. The number of fused-ring (bicyclic) bond motifs is 1. The Morgan fingerprint density at radius 2 is 2.08 bits per heavy atom. The standard InChI is InChI=1S/C6H8ClN5/c1-10(2)12-4-3-11-5(7)8-9-6(11)12/h3-4H,1-2H3. The number of hydrogen-bond donors (Lipinski definition) is 0. The van der Waals surface area contributed by atoms with Gasteiger partial charge in [0.25, 0.3) is 5.78 Å². The molecule has 64 valence electrons. The molecular formula is C6H8ClN5. The van der Waals surface area contributed by atoms with Gasteiger partial charge in [0.2, 0.25) is 5.28 Å². The highest BCUT2D eigenvalue weighted by molar-refractivity contribution is 6.28. The second-order valence-electron chi connectivity index (χ2n) is 2.63. The Morgan fingerprint density at radius 3 is 2.75 bits per heavy atom. The van der Waals surface area contributed by atoms with Gasteiger partial charge in [-0.3, -0.25) is 4.40 Å². The van der Waals surface area contributed by atoms with Crippen molar-refractivity contribution in [2.24, 2.45) is 0 Å². The van der Waals surface area contributed by atoms with E-state index in [0.29, 0.717) is 11.1 Å². The van der Waals surface area contributed by atoms with Crippen molar-refractivity contribution in [3.63, 3.8) is 0 Å². The van der Waals surface area contributed by atoms with E-state index < -0.39 is 0 Å². The molecule has 0 saturated carbocycles. The van der Waals surface area contributed by atoms with E-state index in [1.807, 2.05) is 36.2 Å². The molecule has 0 aliphatic heterocycles.